The van der Waals surface area contributed by atoms with Gasteiger partial charge in [0, 0.05) is 25.5 Å². The van der Waals surface area contributed by atoms with E-state index in [0.717, 1.165) is 36.7 Å². The maximum Gasteiger partial charge on any atom is 0.310 e. The molecule has 0 bridgehead atoms. The first-order valence-electron chi connectivity index (χ1n) is 6.70. The predicted octanol–water partition coefficient (Wildman–Crippen LogP) is 0.822. The molecule has 1 aliphatic rings. The highest BCUT2D eigenvalue weighted by Crippen LogP contribution is 2.25. The Bertz CT molecular complexity index is 639. The Morgan fingerprint density at radius 1 is 1.45 bits per heavy atom. The van der Waals surface area contributed by atoms with Gasteiger partial charge >= 0.3 is 5.97 Å². The Balaban J connectivity index is 1.92. The molecule has 0 amide bonds. The Morgan fingerprint density at radius 2 is 2.30 bits per heavy atom. The van der Waals surface area contributed by atoms with Gasteiger partial charge in [-0.05, 0) is 19.8 Å². The summed E-state index contributed by atoms with van der Waals surface area (Å²) in [4.78, 5) is 18.2. The molecule has 20 heavy (non-hydrogen) atoms. The lowest BCUT2D eigenvalue weighted by Gasteiger charge is -2.32. The second-order valence-electron chi connectivity index (χ2n) is 5.00. The standard InChI is InChI=1S/C13H17N5O2/c1-9-15-16-12-11(14-5-7-18(9)12)17-6-3-4-10(8-17)13(19)20-2/h5,7,10H,3-4,6,8H2,1-2H3. The summed E-state index contributed by atoms with van der Waals surface area (Å²) in [6.45, 7) is 3.38. The molecule has 2 aromatic rings. The van der Waals surface area contributed by atoms with E-state index in [1.807, 2.05) is 17.5 Å². The van der Waals surface area contributed by atoms with Crippen LogP contribution in [0.3, 0.4) is 0 Å². The van der Waals surface area contributed by atoms with Crippen LogP contribution in [0.4, 0.5) is 5.82 Å². The quantitative estimate of drug-likeness (QED) is 0.756. The lowest BCUT2D eigenvalue weighted by Crippen LogP contribution is -2.39. The fourth-order valence-electron chi connectivity index (χ4n) is 2.68. The number of methoxy groups -OCH3 is 1. The van der Waals surface area contributed by atoms with Crippen LogP contribution in [0.25, 0.3) is 5.65 Å². The molecule has 0 N–H and O–H groups in total. The van der Waals surface area contributed by atoms with Crippen LogP contribution in [0.2, 0.25) is 0 Å². The molecule has 0 aromatic carbocycles. The minimum atomic E-state index is -0.153. The van der Waals surface area contributed by atoms with Crippen molar-refractivity contribution in [2.45, 2.75) is 19.8 Å². The van der Waals surface area contributed by atoms with Crippen molar-refractivity contribution in [3.63, 3.8) is 0 Å². The van der Waals surface area contributed by atoms with E-state index in [2.05, 4.69) is 20.1 Å². The van der Waals surface area contributed by atoms with Crippen LogP contribution in [-0.4, -0.2) is 45.8 Å². The minimum absolute atomic E-state index is 0.0974. The number of aromatic nitrogens is 4. The summed E-state index contributed by atoms with van der Waals surface area (Å²) in [5, 5.41) is 8.25. The van der Waals surface area contributed by atoms with E-state index in [4.69, 9.17) is 4.74 Å². The van der Waals surface area contributed by atoms with Gasteiger partial charge in [0.05, 0.1) is 13.0 Å². The average Bonchev–Trinajstić information content (AvgIpc) is 2.88. The number of ether oxygens (including phenoxy) is 1. The number of piperidine rings is 1. The second-order valence-corrected chi connectivity index (χ2v) is 5.00. The molecule has 1 unspecified atom stereocenters. The van der Waals surface area contributed by atoms with E-state index >= 15 is 0 Å². The van der Waals surface area contributed by atoms with Crippen molar-refractivity contribution in [3.05, 3.63) is 18.2 Å². The van der Waals surface area contributed by atoms with Crippen molar-refractivity contribution < 1.29 is 9.53 Å². The molecule has 2 aromatic heterocycles. The van der Waals surface area contributed by atoms with Crippen LogP contribution >= 0.6 is 0 Å². The van der Waals surface area contributed by atoms with Crippen molar-refractivity contribution >= 4 is 17.4 Å². The van der Waals surface area contributed by atoms with Crippen molar-refractivity contribution in [2.24, 2.45) is 5.92 Å². The summed E-state index contributed by atoms with van der Waals surface area (Å²) in [6.07, 6.45) is 5.38. The van der Waals surface area contributed by atoms with Gasteiger partial charge in [-0.1, -0.05) is 0 Å². The van der Waals surface area contributed by atoms with E-state index in [0.29, 0.717) is 6.54 Å². The molecule has 7 heteroatoms. The van der Waals surface area contributed by atoms with Gasteiger partial charge < -0.3 is 9.64 Å². The summed E-state index contributed by atoms with van der Waals surface area (Å²) in [5.74, 6) is 1.35. The molecule has 0 aliphatic carbocycles. The van der Waals surface area contributed by atoms with Crippen molar-refractivity contribution in [2.75, 3.05) is 25.1 Å². The smallest absolute Gasteiger partial charge is 0.310 e. The number of carbonyl (C=O) groups is 1. The van der Waals surface area contributed by atoms with Gasteiger partial charge in [0.2, 0.25) is 5.65 Å². The Labute approximate surface area is 116 Å². The fraction of sp³-hybridized carbons (Fsp3) is 0.538. The van der Waals surface area contributed by atoms with Crippen LogP contribution < -0.4 is 4.90 Å². The lowest BCUT2D eigenvalue weighted by molar-refractivity contribution is -0.145. The summed E-state index contributed by atoms with van der Waals surface area (Å²) < 4.78 is 6.75. The highest BCUT2D eigenvalue weighted by molar-refractivity contribution is 5.74. The van der Waals surface area contributed by atoms with Crippen molar-refractivity contribution in [3.8, 4) is 0 Å². The predicted molar refractivity (Wildman–Crippen MR) is 72.5 cm³/mol. The first-order chi connectivity index (χ1) is 9.70. The van der Waals surface area contributed by atoms with Gasteiger partial charge in [0.1, 0.15) is 5.82 Å². The Kier molecular flexibility index (Phi) is 3.25. The van der Waals surface area contributed by atoms with E-state index < -0.39 is 0 Å². The summed E-state index contributed by atoms with van der Waals surface area (Å²) >= 11 is 0. The molecule has 106 valence electrons. The molecule has 3 rings (SSSR count). The zero-order valence-corrected chi connectivity index (χ0v) is 11.6. The van der Waals surface area contributed by atoms with Gasteiger partial charge in [-0.2, -0.15) is 0 Å². The molecule has 0 radical (unpaired) electrons. The maximum atomic E-state index is 11.7. The fourth-order valence-corrected chi connectivity index (χ4v) is 2.68. The number of rotatable bonds is 2. The van der Waals surface area contributed by atoms with Crippen LogP contribution in [0.1, 0.15) is 18.7 Å². The molecular weight excluding hydrogens is 258 g/mol. The van der Waals surface area contributed by atoms with Gasteiger partial charge in [0.25, 0.3) is 0 Å². The van der Waals surface area contributed by atoms with Gasteiger partial charge in [-0.25, -0.2) is 4.98 Å². The number of hydrogen-bond donors (Lipinski definition) is 0. The number of nitrogens with zero attached hydrogens (tertiary/aromatic N) is 5. The maximum absolute atomic E-state index is 11.7. The van der Waals surface area contributed by atoms with E-state index in [1.165, 1.54) is 7.11 Å². The third kappa shape index (κ3) is 2.09. The largest absolute Gasteiger partial charge is 0.469 e. The van der Waals surface area contributed by atoms with Crippen LogP contribution in [0.5, 0.6) is 0 Å². The van der Waals surface area contributed by atoms with E-state index in [9.17, 15) is 4.79 Å². The minimum Gasteiger partial charge on any atom is -0.469 e. The molecule has 3 heterocycles. The van der Waals surface area contributed by atoms with Crippen LogP contribution in [-0.2, 0) is 9.53 Å². The summed E-state index contributed by atoms with van der Waals surface area (Å²) in [7, 11) is 1.43. The number of aryl methyl sites for hydroxylation is 1. The average molecular weight is 275 g/mol. The zero-order chi connectivity index (χ0) is 14.1. The van der Waals surface area contributed by atoms with Gasteiger partial charge in [-0.15, -0.1) is 10.2 Å². The molecule has 1 saturated heterocycles. The normalized spacial score (nSPS) is 19.3. The number of hydrogen-bond acceptors (Lipinski definition) is 6. The molecular formula is C13H17N5O2. The monoisotopic (exact) mass is 275 g/mol. The van der Waals surface area contributed by atoms with Crippen LogP contribution in [0.15, 0.2) is 12.4 Å². The number of esters is 1. The Hall–Kier alpha value is -2.18. The number of carbonyl (C=O) groups excluding carboxylic acids is 1. The first-order valence-corrected chi connectivity index (χ1v) is 6.70. The molecule has 7 nitrogen and oxygen atoms in total. The van der Waals surface area contributed by atoms with Gasteiger partial charge in [-0.3, -0.25) is 9.20 Å². The lowest BCUT2D eigenvalue weighted by atomic mass is 9.98. The zero-order valence-electron chi connectivity index (χ0n) is 11.6. The number of anilines is 1. The molecule has 1 atom stereocenters. The summed E-state index contributed by atoms with van der Waals surface area (Å²) in [6, 6.07) is 0. The third-order valence-corrected chi connectivity index (χ3v) is 3.73. The Morgan fingerprint density at radius 3 is 3.10 bits per heavy atom. The van der Waals surface area contributed by atoms with Crippen molar-refractivity contribution in [1.29, 1.82) is 0 Å². The topological polar surface area (TPSA) is 72.6 Å². The number of fused-ring (bicyclic) bond motifs is 1. The van der Waals surface area contributed by atoms with E-state index in [-0.39, 0.29) is 11.9 Å². The van der Waals surface area contributed by atoms with Crippen LogP contribution in [0, 0.1) is 12.8 Å². The molecule has 1 aliphatic heterocycles. The van der Waals surface area contributed by atoms with Crippen molar-refractivity contribution in [1.82, 2.24) is 19.6 Å². The molecule has 1 fully saturated rings. The molecule has 0 saturated carbocycles. The SMILES string of the molecule is COC(=O)C1CCCN(c2nccn3c(C)nnc23)C1. The third-order valence-electron chi connectivity index (χ3n) is 3.73. The highest BCUT2D eigenvalue weighted by Gasteiger charge is 2.28. The van der Waals surface area contributed by atoms with E-state index in [1.54, 1.807) is 6.20 Å². The molecule has 0 spiro atoms. The summed E-state index contributed by atoms with van der Waals surface area (Å²) in [5.41, 5.74) is 0.732. The second kappa shape index (κ2) is 5.07. The van der Waals surface area contributed by atoms with Gasteiger partial charge in [0.15, 0.2) is 5.82 Å². The first kappa shape index (κ1) is 12.8. The highest BCUT2D eigenvalue weighted by atomic mass is 16.5.